The first-order chi connectivity index (χ1) is 12.8. The topological polar surface area (TPSA) is 88.0 Å². The smallest absolute Gasteiger partial charge is 0.273 e. The van der Waals surface area contributed by atoms with Crippen LogP contribution in [-0.4, -0.2) is 70.1 Å². The lowest BCUT2D eigenvalue weighted by molar-refractivity contribution is 0.0949. The SMILES string of the molecule is O=C(NCCc1nc2c(s1)CCC2)c1cn(CCN2CCNCC2)nn1. The maximum Gasteiger partial charge on any atom is 0.273 e. The highest BCUT2D eigenvalue weighted by Crippen LogP contribution is 2.27. The molecule has 2 aromatic heterocycles. The minimum atomic E-state index is -0.164. The van der Waals surface area contributed by atoms with Crippen LogP contribution in [0.5, 0.6) is 0 Å². The van der Waals surface area contributed by atoms with Gasteiger partial charge in [-0.05, 0) is 19.3 Å². The van der Waals surface area contributed by atoms with Crippen LogP contribution in [0.4, 0.5) is 0 Å². The Balaban J connectivity index is 1.21. The molecule has 26 heavy (non-hydrogen) atoms. The molecule has 2 N–H and O–H groups in total. The van der Waals surface area contributed by atoms with Crippen LogP contribution < -0.4 is 10.6 Å². The second-order valence-corrected chi connectivity index (χ2v) is 7.96. The molecule has 4 rings (SSSR count). The van der Waals surface area contributed by atoms with Crippen LogP contribution in [0.15, 0.2) is 6.20 Å². The third-order valence-electron chi connectivity index (χ3n) is 4.89. The van der Waals surface area contributed by atoms with Gasteiger partial charge in [0, 0.05) is 50.6 Å². The van der Waals surface area contributed by atoms with Gasteiger partial charge >= 0.3 is 0 Å². The molecule has 0 bridgehead atoms. The van der Waals surface area contributed by atoms with Gasteiger partial charge in [-0.15, -0.1) is 16.4 Å². The van der Waals surface area contributed by atoms with E-state index in [1.54, 1.807) is 22.2 Å². The van der Waals surface area contributed by atoms with Crippen molar-refractivity contribution in [2.24, 2.45) is 0 Å². The van der Waals surface area contributed by atoms with Gasteiger partial charge in [-0.25, -0.2) is 4.98 Å². The Morgan fingerprint density at radius 2 is 2.15 bits per heavy atom. The fourth-order valence-corrected chi connectivity index (χ4v) is 4.57. The van der Waals surface area contributed by atoms with Crippen LogP contribution in [-0.2, 0) is 25.8 Å². The van der Waals surface area contributed by atoms with Crippen molar-refractivity contribution in [2.75, 3.05) is 39.3 Å². The summed E-state index contributed by atoms with van der Waals surface area (Å²) in [6.07, 6.45) is 6.01. The molecule has 1 aliphatic heterocycles. The van der Waals surface area contributed by atoms with E-state index < -0.39 is 0 Å². The molecule has 1 aliphatic carbocycles. The number of hydrogen-bond donors (Lipinski definition) is 2. The van der Waals surface area contributed by atoms with Gasteiger partial charge in [0.25, 0.3) is 5.91 Å². The van der Waals surface area contributed by atoms with E-state index in [0.717, 1.165) is 63.5 Å². The van der Waals surface area contributed by atoms with Crippen molar-refractivity contribution in [1.82, 2.24) is 35.5 Å². The lowest BCUT2D eigenvalue weighted by Crippen LogP contribution is -2.44. The fraction of sp³-hybridized carbons (Fsp3) is 0.647. The highest BCUT2D eigenvalue weighted by molar-refractivity contribution is 7.11. The van der Waals surface area contributed by atoms with Crippen molar-refractivity contribution in [3.63, 3.8) is 0 Å². The summed E-state index contributed by atoms with van der Waals surface area (Å²) in [5.41, 5.74) is 1.65. The van der Waals surface area contributed by atoms with E-state index >= 15 is 0 Å². The van der Waals surface area contributed by atoms with Crippen LogP contribution in [0.3, 0.4) is 0 Å². The molecule has 2 aromatic rings. The van der Waals surface area contributed by atoms with Gasteiger partial charge in [-0.1, -0.05) is 5.21 Å². The fourth-order valence-electron chi connectivity index (χ4n) is 3.41. The van der Waals surface area contributed by atoms with Crippen LogP contribution in [0.25, 0.3) is 0 Å². The van der Waals surface area contributed by atoms with Gasteiger partial charge in [0.15, 0.2) is 5.69 Å². The maximum absolute atomic E-state index is 12.2. The van der Waals surface area contributed by atoms with Crippen molar-refractivity contribution in [2.45, 2.75) is 32.2 Å². The number of nitrogens with zero attached hydrogens (tertiary/aromatic N) is 5. The molecule has 1 amide bonds. The van der Waals surface area contributed by atoms with Gasteiger partial charge in [-0.3, -0.25) is 14.4 Å². The lowest BCUT2D eigenvalue weighted by Gasteiger charge is -2.26. The van der Waals surface area contributed by atoms with Crippen molar-refractivity contribution in [1.29, 1.82) is 0 Å². The summed E-state index contributed by atoms with van der Waals surface area (Å²) in [4.78, 5) is 20.7. The Morgan fingerprint density at radius 3 is 3.00 bits per heavy atom. The number of nitrogens with one attached hydrogen (secondary N) is 2. The number of aromatic nitrogens is 4. The summed E-state index contributed by atoms with van der Waals surface area (Å²) in [5, 5.41) is 15.5. The quantitative estimate of drug-likeness (QED) is 0.714. The third kappa shape index (κ3) is 4.28. The Bertz CT molecular complexity index is 729. The summed E-state index contributed by atoms with van der Waals surface area (Å²) in [5.74, 6) is -0.164. The number of fused-ring (bicyclic) bond motifs is 1. The normalized spacial score (nSPS) is 17.4. The standard InChI is InChI=1S/C17H25N7OS/c25-17(19-5-4-16-20-13-2-1-3-15(13)26-16)14-12-24(22-21-14)11-10-23-8-6-18-7-9-23/h12,18H,1-11H2,(H,19,25). The first-order valence-electron chi connectivity index (χ1n) is 9.37. The van der Waals surface area contributed by atoms with E-state index in [0.29, 0.717) is 12.2 Å². The average molecular weight is 376 g/mol. The molecule has 2 aliphatic rings. The molecule has 0 saturated carbocycles. The number of hydrogen-bond acceptors (Lipinski definition) is 7. The van der Waals surface area contributed by atoms with Gasteiger partial charge in [-0.2, -0.15) is 0 Å². The van der Waals surface area contributed by atoms with Gasteiger partial charge in [0.05, 0.1) is 23.4 Å². The highest BCUT2D eigenvalue weighted by Gasteiger charge is 2.17. The summed E-state index contributed by atoms with van der Waals surface area (Å²) < 4.78 is 1.75. The Hall–Kier alpha value is -1.84. The van der Waals surface area contributed by atoms with Crippen LogP contribution in [0.1, 0.15) is 32.5 Å². The van der Waals surface area contributed by atoms with Gasteiger partial charge in [0.2, 0.25) is 0 Å². The number of carbonyl (C=O) groups excluding carboxylic acids is 1. The number of aryl methyl sites for hydroxylation is 2. The van der Waals surface area contributed by atoms with Crippen molar-refractivity contribution < 1.29 is 4.79 Å². The second kappa shape index (κ2) is 8.24. The number of rotatable bonds is 7. The van der Waals surface area contributed by atoms with Crippen molar-refractivity contribution in [3.8, 4) is 0 Å². The molecule has 0 aromatic carbocycles. The largest absolute Gasteiger partial charge is 0.350 e. The number of carbonyl (C=O) groups is 1. The van der Waals surface area contributed by atoms with E-state index in [-0.39, 0.29) is 5.91 Å². The van der Waals surface area contributed by atoms with Crippen molar-refractivity contribution in [3.05, 3.63) is 27.5 Å². The van der Waals surface area contributed by atoms with E-state index in [9.17, 15) is 4.79 Å². The minimum absolute atomic E-state index is 0.164. The Kier molecular flexibility index (Phi) is 5.57. The van der Waals surface area contributed by atoms with E-state index in [4.69, 9.17) is 0 Å². The van der Waals surface area contributed by atoms with E-state index in [2.05, 4.69) is 30.8 Å². The molecule has 1 fully saturated rings. The summed E-state index contributed by atoms with van der Waals surface area (Å²) >= 11 is 1.79. The molecule has 0 radical (unpaired) electrons. The average Bonchev–Trinajstić information content (AvgIpc) is 3.37. The second-order valence-electron chi connectivity index (χ2n) is 6.80. The van der Waals surface area contributed by atoms with Crippen LogP contribution in [0.2, 0.25) is 0 Å². The molecule has 0 unspecified atom stereocenters. The Morgan fingerprint density at radius 1 is 1.27 bits per heavy atom. The number of piperazine rings is 1. The van der Waals surface area contributed by atoms with Gasteiger partial charge in [0.1, 0.15) is 0 Å². The molecule has 140 valence electrons. The molecule has 9 heteroatoms. The zero-order valence-corrected chi connectivity index (χ0v) is 15.7. The molecule has 0 spiro atoms. The lowest BCUT2D eigenvalue weighted by atomic mass is 10.3. The molecule has 0 atom stereocenters. The molecule has 3 heterocycles. The molecule has 1 saturated heterocycles. The zero-order chi connectivity index (χ0) is 17.8. The van der Waals surface area contributed by atoms with Crippen molar-refractivity contribution >= 4 is 17.2 Å². The number of thiazole rings is 1. The summed E-state index contributed by atoms with van der Waals surface area (Å²) in [7, 11) is 0. The highest BCUT2D eigenvalue weighted by atomic mass is 32.1. The molecular formula is C17H25N7OS. The van der Waals surface area contributed by atoms with E-state index in [1.165, 1.54) is 17.0 Å². The summed E-state index contributed by atoms with van der Waals surface area (Å²) in [6, 6.07) is 0. The Labute approximate surface area is 157 Å². The van der Waals surface area contributed by atoms with E-state index in [1.807, 2.05) is 0 Å². The number of amides is 1. The van der Waals surface area contributed by atoms with Gasteiger partial charge < -0.3 is 10.6 Å². The first-order valence-corrected chi connectivity index (χ1v) is 10.2. The zero-order valence-electron chi connectivity index (χ0n) is 14.9. The first kappa shape index (κ1) is 17.6. The summed E-state index contributed by atoms with van der Waals surface area (Å²) in [6.45, 7) is 6.45. The monoisotopic (exact) mass is 375 g/mol. The maximum atomic E-state index is 12.2. The predicted molar refractivity (Wildman–Crippen MR) is 99.5 cm³/mol. The van der Waals surface area contributed by atoms with Crippen LogP contribution in [0, 0.1) is 0 Å². The predicted octanol–water partition coefficient (Wildman–Crippen LogP) is 0.101. The third-order valence-corrected chi connectivity index (χ3v) is 6.11. The minimum Gasteiger partial charge on any atom is -0.350 e. The molecule has 8 nitrogen and oxygen atoms in total. The molecular weight excluding hydrogens is 350 g/mol. The van der Waals surface area contributed by atoms with Crippen LogP contribution >= 0.6 is 11.3 Å².